The van der Waals surface area contributed by atoms with Crippen molar-refractivity contribution < 1.29 is 9.84 Å². The third-order valence-electron chi connectivity index (χ3n) is 5.92. The number of rotatable bonds is 6. The van der Waals surface area contributed by atoms with Crippen molar-refractivity contribution in [3.8, 4) is 5.75 Å². The minimum Gasteiger partial charge on any atom is -0.489 e. The summed E-state index contributed by atoms with van der Waals surface area (Å²) in [5.41, 5.74) is 3.08. The molecule has 158 valence electrons. The maximum Gasteiger partial charge on any atom is 0.138 e. The Morgan fingerprint density at radius 3 is 2.00 bits per heavy atom. The molecule has 0 radical (unpaired) electrons. The molecule has 0 aliphatic carbocycles. The van der Waals surface area contributed by atoms with Gasteiger partial charge in [-0.1, -0.05) is 42.5 Å². The van der Waals surface area contributed by atoms with Crippen LogP contribution < -0.4 is 9.64 Å². The second-order valence-corrected chi connectivity index (χ2v) is 8.06. The number of hydrogen-bond donors (Lipinski definition) is 1. The molecule has 5 rings (SSSR count). The average Bonchev–Trinajstić information content (AvgIpc) is 2.83. The molecular formula is C26H27N3O2. The molecule has 1 unspecified atom stereocenters. The van der Waals surface area contributed by atoms with Gasteiger partial charge in [0.05, 0.1) is 11.0 Å². The largest absolute Gasteiger partial charge is 0.489 e. The van der Waals surface area contributed by atoms with Gasteiger partial charge in [0.2, 0.25) is 0 Å². The number of hydrogen-bond acceptors (Lipinski definition) is 5. The Bertz CT molecular complexity index is 1100. The normalized spacial score (nSPS) is 16.0. The molecule has 0 spiro atoms. The third kappa shape index (κ3) is 4.33. The van der Waals surface area contributed by atoms with Crippen molar-refractivity contribution in [2.75, 3.05) is 44.2 Å². The first-order valence-corrected chi connectivity index (χ1v) is 10.9. The number of β-amino-alcohol motifs (C(OH)–C–C–N with tert-alkyl or cyclic N) is 1. The summed E-state index contributed by atoms with van der Waals surface area (Å²) in [6.45, 7) is 4.69. The van der Waals surface area contributed by atoms with Crippen LogP contribution in [0.1, 0.15) is 0 Å². The zero-order chi connectivity index (χ0) is 21.0. The molecule has 31 heavy (non-hydrogen) atoms. The van der Waals surface area contributed by atoms with E-state index in [4.69, 9.17) is 9.72 Å². The lowest BCUT2D eigenvalue weighted by molar-refractivity contribution is 0.0673. The van der Waals surface area contributed by atoms with E-state index in [0.29, 0.717) is 6.54 Å². The molecule has 5 nitrogen and oxygen atoms in total. The van der Waals surface area contributed by atoms with E-state index >= 15 is 0 Å². The van der Waals surface area contributed by atoms with Gasteiger partial charge in [-0.3, -0.25) is 4.90 Å². The fourth-order valence-electron chi connectivity index (χ4n) is 4.31. The number of anilines is 1. The zero-order valence-electron chi connectivity index (χ0n) is 17.5. The van der Waals surface area contributed by atoms with Crippen molar-refractivity contribution in [1.82, 2.24) is 9.88 Å². The number of benzene rings is 3. The minimum absolute atomic E-state index is 0.261. The lowest BCUT2D eigenvalue weighted by Crippen LogP contribution is -2.49. The van der Waals surface area contributed by atoms with Crippen LogP contribution in [0.2, 0.25) is 0 Å². The van der Waals surface area contributed by atoms with Crippen LogP contribution in [0.5, 0.6) is 5.75 Å². The number of fused-ring (bicyclic) bond motifs is 2. The number of para-hydroxylation sites is 3. The van der Waals surface area contributed by atoms with E-state index in [9.17, 15) is 5.11 Å². The lowest BCUT2D eigenvalue weighted by Gasteiger charge is -2.36. The van der Waals surface area contributed by atoms with Crippen molar-refractivity contribution in [3.63, 3.8) is 0 Å². The van der Waals surface area contributed by atoms with Crippen LogP contribution in [0.3, 0.4) is 0 Å². The number of aliphatic hydroxyl groups is 1. The van der Waals surface area contributed by atoms with E-state index in [1.165, 1.54) is 5.69 Å². The van der Waals surface area contributed by atoms with Gasteiger partial charge in [0.15, 0.2) is 0 Å². The van der Waals surface area contributed by atoms with Gasteiger partial charge in [0.25, 0.3) is 0 Å². The maximum atomic E-state index is 10.7. The average molecular weight is 414 g/mol. The van der Waals surface area contributed by atoms with Crippen LogP contribution >= 0.6 is 0 Å². The summed E-state index contributed by atoms with van der Waals surface area (Å²) < 4.78 is 6.20. The van der Waals surface area contributed by atoms with Gasteiger partial charge in [-0.2, -0.15) is 0 Å². The van der Waals surface area contributed by atoms with E-state index in [2.05, 4.69) is 34.1 Å². The third-order valence-corrected chi connectivity index (χ3v) is 5.92. The van der Waals surface area contributed by atoms with E-state index in [0.717, 1.165) is 53.7 Å². The first-order chi connectivity index (χ1) is 15.3. The Morgan fingerprint density at radius 2 is 1.35 bits per heavy atom. The standard InChI is InChI=1S/C26H27N3O2/c30-21(18-28-14-16-29(17-15-28)20-8-2-1-3-9-20)19-31-26-22-10-4-6-12-24(22)27-25-13-7-5-11-23(25)26/h1-13,21,30H,14-19H2. The van der Waals surface area contributed by atoms with Crippen molar-refractivity contribution in [2.24, 2.45) is 0 Å². The van der Waals surface area contributed by atoms with E-state index in [1.807, 2.05) is 54.6 Å². The molecule has 2 heterocycles. The molecule has 1 fully saturated rings. The number of ether oxygens (including phenoxy) is 1. The van der Waals surface area contributed by atoms with Crippen molar-refractivity contribution in [1.29, 1.82) is 0 Å². The fourth-order valence-corrected chi connectivity index (χ4v) is 4.31. The fraction of sp³-hybridized carbons (Fsp3) is 0.269. The van der Waals surface area contributed by atoms with Crippen LogP contribution in [0.25, 0.3) is 21.8 Å². The summed E-state index contributed by atoms with van der Waals surface area (Å²) >= 11 is 0. The highest BCUT2D eigenvalue weighted by Gasteiger charge is 2.20. The molecule has 0 saturated carbocycles. The van der Waals surface area contributed by atoms with Gasteiger partial charge in [-0.05, 0) is 36.4 Å². The molecule has 4 aromatic rings. The van der Waals surface area contributed by atoms with Crippen molar-refractivity contribution >= 4 is 27.5 Å². The number of aromatic nitrogens is 1. The van der Waals surface area contributed by atoms with Gasteiger partial charge in [-0.15, -0.1) is 0 Å². The van der Waals surface area contributed by atoms with Crippen LogP contribution in [-0.4, -0.2) is 60.4 Å². The molecule has 5 heteroatoms. The predicted molar refractivity (Wildman–Crippen MR) is 126 cm³/mol. The van der Waals surface area contributed by atoms with Crippen LogP contribution in [0, 0.1) is 0 Å². The van der Waals surface area contributed by atoms with Crippen molar-refractivity contribution in [3.05, 3.63) is 78.9 Å². The summed E-state index contributed by atoms with van der Waals surface area (Å²) in [7, 11) is 0. The SMILES string of the molecule is OC(COc1c2ccccc2nc2ccccc12)CN1CCN(c2ccccc2)CC1. The van der Waals surface area contributed by atoms with Gasteiger partial charge in [0, 0.05) is 49.2 Å². The molecule has 1 saturated heterocycles. The molecule has 1 aliphatic rings. The van der Waals surface area contributed by atoms with Gasteiger partial charge in [-0.25, -0.2) is 4.98 Å². The van der Waals surface area contributed by atoms with Crippen LogP contribution in [0.15, 0.2) is 78.9 Å². The second-order valence-electron chi connectivity index (χ2n) is 8.06. The first-order valence-electron chi connectivity index (χ1n) is 10.9. The molecule has 1 N–H and O–H groups in total. The molecule has 0 bridgehead atoms. The maximum absolute atomic E-state index is 10.7. The van der Waals surface area contributed by atoms with E-state index in [1.54, 1.807) is 0 Å². The Kier molecular flexibility index (Phi) is 5.69. The second kappa shape index (κ2) is 8.92. The molecule has 1 atom stereocenters. The van der Waals surface area contributed by atoms with Crippen LogP contribution in [-0.2, 0) is 0 Å². The topological polar surface area (TPSA) is 48.8 Å². The Labute approximate surface area is 182 Å². The molecule has 0 amide bonds. The number of piperazine rings is 1. The highest BCUT2D eigenvalue weighted by Crippen LogP contribution is 2.32. The molecule has 3 aromatic carbocycles. The highest BCUT2D eigenvalue weighted by atomic mass is 16.5. The monoisotopic (exact) mass is 413 g/mol. The Hall–Kier alpha value is -3.15. The zero-order valence-corrected chi connectivity index (χ0v) is 17.5. The lowest BCUT2D eigenvalue weighted by atomic mass is 10.1. The van der Waals surface area contributed by atoms with E-state index in [-0.39, 0.29) is 6.61 Å². The Morgan fingerprint density at radius 1 is 0.774 bits per heavy atom. The highest BCUT2D eigenvalue weighted by molar-refractivity contribution is 6.00. The quantitative estimate of drug-likeness (QED) is 0.485. The molecule has 1 aliphatic heterocycles. The van der Waals surface area contributed by atoms with E-state index < -0.39 is 6.10 Å². The first kappa shape index (κ1) is 19.8. The predicted octanol–water partition coefficient (Wildman–Crippen LogP) is 3.95. The summed E-state index contributed by atoms with van der Waals surface area (Å²) in [4.78, 5) is 9.45. The van der Waals surface area contributed by atoms with Gasteiger partial charge < -0.3 is 14.7 Å². The summed E-state index contributed by atoms with van der Waals surface area (Å²) in [5, 5.41) is 12.6. The molecular weight excluding hydrogens is 386 g/mol. The Balaban J connectivity index is 1.23. The molecule has 1 aromatic heterocycles. The van der Waals surface area contributed by atoms with Gasteiger partial charge in [0.1, 0.15) is 18.5 Å². The number of pyridine rings is 1. The summed E-state index contributed by atoms with van der Waals surface area (Å²) in [6, 6.07) is 26.5. The number of aliphatic hydroxyl groups excluding tert-OH is 1. The summed E-state index contributed by atoms with van der Waals surface area (Å²) in [6.07, 6.45) is -0.547. The van der Waals surface area contributed by atoms with Gasteiger partial charge >= 0.3 is 0 Å². The summed E-state index contributed by atoms with van der Waals surface area (Å²) in [5.74, 6) is 0.800. The minimum atomic E-state index is -0.547. The smallest absolute Gasteiger partial charge is 0.138 e. The van der Waals surface area contributed by atoms with Crippen molar-refractivity contribution in [2.45, 2.75) is 6.10 Å². The van der Waals surface area contributed by atoms with Crippen LogP contribution in [0.4, 0.5) is 5.69 Å². The number of nitrogens with zero attached hydrogens (tertiary/aromatic N) is 3.